The number of anilines is 1. The minimum Gasteiger partial charge on any atom is -0.316 e. The predicted octanol–water partition coefficient (Wildman–Crippen LogP) is 6.08. The highest BCUT2D eigenvalue weighted by atomic mass is 19.4. The van der Waals surface area contributed by atoms with Crippen molar-refractivity contribution in [1.29, 1.82) is 0 Å². The second-order valence-corrected chi connectivity index (χ2v) is 10.4. The zero-order chi connectivity index (χ0) is 29.2. The molecule has 5 rings (SSSR count). The van der Waals surface area contributed by atoms with Crippen molar-refractivity contribution in [2.45, 2.75) is 56.8 Å². The number of nitrogens with zero attached hydrogens (tertiary/aromatic N) is 5. The predicted molar refractivity (Wildman–Crippen MR) is 131 cm³/mol. The van der Waals surface area contributed by atoms with Gasteiger partial charge in [0.15, 0.2) is 0 Å². The highest BCUT2D eigenvalue weighted by Gasteiger charge is 2.57. The molecule has 3 aromatic rings. The lowest BCUT2D eigenvalue weighted by Crippen LogP contribution is -2.39. The molecule has 1 aromatic heterocycles. The summed E-state index contributed by atoms with van der Waals surface area (Å²) in [7, 11) is 1.24. The Morgan fingerprint density at radius 3 is 2.40 bits per heavy atom. The van der Waals surface area contributed by atoms with Crippen molar-refractivity contribution in [2.24, 2.45) is 7.05 Å². The summed E-state index contributed by atoms with van der Waals surface area (Å²) in [6.45, 7) is 2.28. The number of carbonyl (C=O) groups is 1. The van der Waals surface area contributed by atoms with Gasteiger partial charge in [0.1, 0.15) is 12.5 Å². The van der Waals surface area contributed by atoms with E-state index in [1.165, 1.54) is 25.2 Å². The lowest BCUT2D eigenvalue weighted by atomic mass is 9.90. The third-order valence-corrected chi connectivity index (χ3v) is 7.84. The van der Waals surface area contributed by atoms with Gasteiger partial charge in [-0.15, -0.1) is 10.2 Å². The Bertz CT molecular complexity index is 1450. The molecule has 1 fully saturated rings. The van der Waals surface area contributed by atoms with Crippen LogP contribution in [0.5, 0.6) is 0 Å². The third kappa shape index (κ3) is 4.53. The van der Waals surface area contributed by atoms with Crippen molar-refractivity contribution in [2.75, 3.05) is 18.0 Å². The van der Waals surface area contributed by atoms with Crippen molar-refractivity contribution in [1.82, 2.24) is 19.7 Å². The lowest BCUT2D eigenvalue weighted by molar-refractivity contribution is -0.149. The molecule has 2 aliphatic rings. The van der Waals surface area contributed by atoms with Gasteiger partial charge in [0, 0.05) is 37.4 Å². The van der Waals surface area contributed by atoms with Crippen molar-refractivity contribution in [3.05, 3.63) is 76.4 Å². The van der Waals surface area contributed by atoms with Gasteiger partial charge in [0.05, 0.1) is 12.1 Å². The highest BCUT2D eigenvalue weighted by molar-refractivity contribution is 6.10. The number of benzene rings is 2. The van der Waals surface area contributed by atoms with E-state index in [2.05, 4.69) is 10.2 Å². The molecule has 13 heteroatoms. The van der Waals surface area contributed by atoms with Gasteiger partial charge in [-0.05, 0) is 61.2 Å². The SMILES string of the molecule is C[C@H](c1cc2c(c(C(F)(F)F)c1)CN(c1cccc([C@](C)(F)C(F)(F)c3nncn3C)c1)C2=O)N1CC[C@H](F)C1. The summed E-state index contributed by atoms with van der Waals surface area (Å²) in [6, 6.07) is 6.49. The molecule has 1 amide bonds. The number of carbonyl (C=O) groups excluding carboxylic acids is 1. The maximum Gasteiger partial charge on any atom is 0.416 e. The second kappa shape index (κ2) is 9.57. The Morgan fingerprint density at radius 2 is 1.80 bits per heavy atom. The van der Waals surface area contributed by atoms with E-state index >= 15 is 13.2 Å². The Balaban J connectivity index is 1.51. The molecule has 3 heterocycles. The summed E-state index contributed by atoms with van der Waals surface area (Å²) < 4.78 is 103. The van der Waals surface area contributed by atoms with Gasteiger partial charge in [-0.1, -0.05) is 12.1 Å². The van der Waals surface area contributed by atoms with Crippen molar-refractivity contribution >= 4 is 11.6 Å². The summed E-state index contributed by atoms with van der Waals surface area (Å²) in [6.07, 6.45) is -4.59. The standard InChI is InChI=1S/C27H26F7N5O/c1-15(38-8-7-18(28)12-38)16-9-20-21(22(10-16)27(32,33)34)13-39(23(20)40)19-6-4-5-17(11-19)25(2,29)26(30,31)24-36-35-14-37(24)3/h4-6,9-11,14-15,18H,7-8,12-13H2,1-3H3/t15-,18+,25+/m1/s1. The molecule has 40 heavy (non-hydrogen) atoms. The molecular weight excluding hydrogens is 543 g/mol. The van der Waals surface area contributed by atoms with Crippen LogP contribution in [-0.4, -0.2) is 44.8 Å². The normalized spacial score (nSPS) is 20.6. The first-order chi connectivity index (χ1) is 18.6. The van der Waals surface area contributed by atoms with Gasteiger partial charge in [-0.2, -0.15) is 22.0 Å². The molecule has 0 N–H and O–H groups in total. The molecular formula is C27H26F7N5O. The molecule has 0 spiro atoms. The smallest absolute Gasteiger partial charge is 0.316 e. The molecule has 6 nitrogen and oxygen atoms in total. The van der Waals surface area contributed by atoms with E-state index in [1.807, 2.05) is 0 Å². The number of alkyl halides is 7. The van der Waals surface area contributed by atoms with E-state index in [0.29, 0.717) is 13.5 Å². The topological polar surface area (TPSA) is 54.3 Å². The van der Waals surface area contributed by atoms with Crippen LogP contribution in [0.3, 0.4) is 0 Å². The van der Waals surface area contributed by atoms with E-state index in [-0.39, 0.29) is 35.3 Å². The first-order valence-corrected chi connectivity index (χ1v) is 12.6. The fraction of sp³-hybridized carbons (Fsp3) is 0.444. The maximum absolute atomic E-state index is 15.8. The number of likely N-dealkylation sites (tertiary alicyclic amines) is 1. The van der Waals surface area contributed by atoms with Crippen LogP contribution >= 0.6 is 0 Å². The van der Waals surface area contributed by atoms with Crippen molar-refractivity contribution in [3.8, 4) is 0 Å². The average molecular weight is 570 g/mol. The Hall–Kier alpha value is -3.48. The van der Waals surface area contributed by atoms with Crippen LogP contribution in [0, 0.1) is 0 Å². The zero-order valence-corrected chi connectivity index (χ0v) is 21.8. The molecule has 2 aliphatic heterocycles. The largest absolute Gasteiger partial charge is 0.416 e. The summed E-state index contributed by atoms with van der Waals surface area (Å²) in [5.41, 5.74) is -5.09. The monoisotopic (exact) mass is 569 g/mol. The van der Waals surface area contributed by atoms with Crippen LogP contribution < -0.4 is 4.90 Å². The number of aryl methyl sites for hydroxylation is 1. The number of hydrogen-bond donors (Lipinski definition) is 0. The van der Waals surface area contributed by atoms with Crippen LogP contribution in [0.1, 0.15) is 64.7 Å². The molecule has 0 saturated carbocycles. The average Bonchev–Trinajstić information content (AvgIpc) is 3.61. The van der Waals surface area contributed by atoms with Gasteiger partial charge in [0.2, 0.25) is 11.5 Å². The molecule has 214 valence electrons. The van der Waals surface area contributed by atoms with Crippen LogP contribution in [0.2, 0.25) is 0 Å². The van der Waals surface area contributed by atoms with Gasteiger partial charge in [-0.3, -0.25) is 9.69 Å². The quantitative estimate of drug-likeness (QED) is 0.338. The molecule has 3 atom stereocenters. The van der Waals surface area contributed by atoms with Crippen LogP contribution in [0.15, 0.2) is 42.7 Å². The van der Waals surface area contributed by atoms with Gasteiger partial charge in [-0.25, -0.2) is 8.78 Å². The molecule has 2 aromatic carbocycles. The molecule has 0 radical (unpaired) electrons. The number of hydrogen-bond acceptors (Lipinski definition) is 4. The first-order valence-electron chi connectivity index (χ1n) is 12.6. The van der Waals surface area contributed by atoms with E-state index in [1.54, 1.807) is 11.8 Å². The molecule has 1 saturated heterocycles. The molecule has 0 unspecified atom stereocenters. The minimum atomic E-state index is -4.79. The summed E-state index contributed by atoms with van der Waals surface area (Å²) >= 11 is 0. The highest BCUT2D eigenvalue weighted by Crippen LogP contribution is 2.48. The first kappa shape index (κ1) is 28.1. The number of fused-ring (bicyclic) bond motifs is 1. The van der Waals surface area contributed by atoms with E-state index in [4.69, 9.17) is 0 Å². The Kier molecular flexibility index (Phi) is 6.71. The fourth-order valence-corrected chi connectivity index (χ4v) is 5.36. The Labute approximate surface area is 225 Å². The van der Waals surface area contributed by atoms with Crippen LogP contribution in [0.4, 0.5) is 36.4 Å². The summed E-state index contributed by atoms with van der Waals surface area (Å²) in [5.74, 6) is -5.82. The minimum absolute atomic E-state index is 0.0427. The number of aromatic nitrogens is 3. The second-order valence-electron chi connectivity index (χ2n) is 10.4. The van der Waals surface area contributed by atoms with Crippen LogP contribution in [0.25, 0.3) is 0 Å². The summed E-state index contributed by atoms with van der Waals surface area (Å²) in [4.78, 5) is 16.2. The van der Waals surface area contributed by atoms with E-state index in [9.17, 15) is 22.4 Å². The molecule has 0 bridgehead atoms. The van der Waals surface area contributed by atoms with Crippen molar-refractivity contribution in [3.63, 3.8) is 0 Å². The van der Waals surface area contributed by atoms with Crippen molar-refractivity contribution < 1.29 is 35.5 Å². The number of amides is 1. The maximum atomic E-state index is 15.8. The van der Waals surface area contributed by atoms with E-state index in [0.717, 1.165) is 34.0 Å². The van der Waals surface area contributed by atoms with E-state index < -0.39 is 59.4 Å². The van der Waals surface area contributed by atoms with Gasteiger partial charge < -0.3 is 9.47 Å². The zero-order valence-electron chi connectivity index (χ0n) is 21.8. The van der Waals surface area contributed by atoms with Crippen LogP contribution in [-0.2, 0) is 31.4 Å². The van der Waals surface area contributed by atoms with Gasteiger partial charge in [0.25, 0.3) is 5.91 Å². The fourth-order valence-electron chi connectivity index (χ4n) is 5.36. The summed E-state index contributed by atoms with van der Waals surface area (Å²) in [5, 5.41) is 6.72. The Morgan fingerprint density at radius 1 is 1.07 bits per heavy atom. The molecule has 0 aliphatic carbocycles. The van der Waals surface area contributed by atoms with Gasteiger partial charge >= 0.3 is 12.1 Å². The number of halogens is 7. The third-order valence-electron chi connectivity index (χ3n) is 7.84. The number of rotatable bonds is 6. The lowest BCUT2D eigenvalue weighted by Gasteiger charge is -2.30.